The van der Waals surface area contributed by atoms with Crippen LogP contribution in [0.3, 0.4) is 0 Å². The fraction of sp³-hybridized carbons (Fsp3) is 1.00. The Morgan fingerprint density at radius 3 is 2.64 bits per heavy atom. The van der Waals surface area contributed by atoms with Crippen LogP contribution in [0.25, 0.3) is 0 Å². The number of nitrogens with one attached hydrogen (secondary N) is 1. The molecule has 14 heavy (non-hydrogen) atoms. The van der Waals surface area contributed by atoms with Gasteiger partial charge in [-0.15, -0.1) is 0 Å². The number of hydrogen-bond donors (Lipinski definition) is 1. The first-order valence-corrected chi connectivity index (χ1v) is 6.29. The molecule has 2 heterocycles. The quantitative estimate of drug-likeness (QED) is 0.743. The maximum absolute atomic E-state index is 3.72. The van der Waals surface area contributed by atoms with Crippen molar-refractivity contribution >= 4 is 0 Å². The van der Waals surface area contributed by atoms with Gasteiger partial charge in [0.15, 0.2) is 0 Å². The lowest BCUT2D eigenvalue weighted by Crippen LogP contribution is -2.44. The molecule has 0 aliphatic carbocycles. The minimum absolute atomic E-state index is 0.516. The third-order valence-electron chi connectivity index (χ3n) is 4.17. The van der Waals surface area contributed by atoms with Crippen molar-refractivity contribution in [3.8, 4) is 0 Å². The molecule has 0 amide bonds. The van der Waals surface area contributed by atoms with Crippen LogP contribution < -0.4 is 5.32 Å². The van der Waals surface area contributed by atoms with Gasteiger partial charge in [-0.05, 0) is 38.6 Å². The first kappa shape index (κ1) is 10.4. The van der Waals surface area contributed by atoms with Gasteiger partial charge in [0.2, 0.25) is 0 Å². The molecule has 0 aromatic carbocycles. The second-order valence-corrected chi connectivity index (χ2v) is 5.00. The molecule has 0 aromatic rings. The van der Waals surface area contributed by atoms with Crippen LogP contribution in [0.1, 0.15) is 46.0 Å². The number of nitrogens with zero attached hydrogens (tertiary/aromatic N) is 1. The summed E-state index contributed by atoms with van der Waals surface area (Å²) >= 11 is 0. The summed E-state index contributed by atoms with van der Waals surface area (Å²) in [5.74, 6) is 0. The molecule has 2 aliphatic rings. The van der Waals surface area contributed by atoms with Crippen molar-refractivity contribution in [1.29, 1.82) is 0 Å². The van der Waals surface area contributed by atoms with Crippen molar-refractivity contribution in [2.24, 2.45) is 0 Å². The summed E-state index contributed by atoms with van der Waals surface area (Å²) in [6.45, 7) is 8.51. The van der Waals surface area contributed by atoms with E-state index in [1.807, 2.05) is 0 Å². The Hall–Kier alpha value is -0.0800. The molecule has 2 saturated heterocycles. The smallest absolute Gasteiger partial charge is 0.0321 e. The first-order chi connectivity index (χ1) is 6.79. The molecular formula is C12H24N2. The highest BCUT2D eigenvalue weighted by atomic mass is 15.2. The fourth-order valence-corrected chi connectivity index (χ4v) is 3.24. The van der Waals surface area contributed by atoms with E-state index < -0.39 is 0 Å². The molecule has 2 aliphatic heterocycles. The van der Waals surface area contributed by atoms with E-state index in [-0.39, 0.29) is 0 Å². The molecule has 82 valence electrons. The van der Waals surface area contributed by atoms with E-state index >= 15 is 0 Å². The zero-order chi connectivity index (χ0) is 10.0. The summed E-state index contributed by atoms with van der Waals surface area (Å²) in [5, 5.41) is 3.72. The van der Waals surface area contributed by atoms with Crippen LogP contribution >= 0.6 is 0 Å². The average Bonchev–Trinajstić information content (AvgIpc) is 2.81. The number of likely N-dealkylation sites (tertiary alicyclic amines) is 1. The lowest BCUT2D eigenvalue weighted by Gasteiger charge is -2.29. The van der Waals surface area contributed by atoms with Gasteiger partial charge in [0.25, 0.3) is 0 Å². The minimum Gasteiger partial charge on any atom is -0.310 e. The van der Waals surface area contributed by atoms with Crippen molar-refractivity contribution in [3.63, 3.8) is 0 Å². The molecule has 0 aromatic heterocycles. The molecule has 1 N–H and O–H groups in total. The van der Waals surface area contributed by atoms with Crippen LogP contribution in [0.4, 0.5) is 0 Å². The maximum atomic E-state index is 3.72. The third-order valence-corrected chi connectivity index (χ3v) is 4.17. The highest BCUT2D eigenvalue weighted by Crippen LogP contribution is 2.31. The lowest BCUT2D eigenvalue weighted by atomic mass is 9.97. The molecule has 2 fully saturated rings. The van der Waals surface area contributed by atoms with E-state index in [1.165, 1.54) is 51.7 Å². The second-order valence-electron chi connectivity index (χ2n) is 5.00. The molecule has 1 atom stereocenters. The van der Waals surface area contributed by atoms with Crippen molar-refractivity contribution in [3.05, 3.63) is 0 Å². The first-order valence-electron chi connectivity index (χ1n) is 6.29. The molecule has 0 saturated carbocycles. The minimum atomic E-state index is 0.516. The Bertz CT molecular complexity index is 181. The normalized spacial score (nSPS) is 33.6. The van der Waals surface area contributed by atoms with Gasteiger partial charge in [-0.1, -0.05) is 13.8 Å². The monoisotopic (exact) mass is 196 g/mol. The predicted molar refractivity (Wildman–Crippen MR) is 60.5 cm³/mol. The van der Waals surface area contributed by atoms with Crippen molar-refractivity contribution < 1.29 is 0 Å². The summed E-state index contributed by atoms with van der Waals surface area (Å²) < 4.78 is 0. The number of rotatable bonds is 3. The maximum Gasteiger partial charge on any atom is 0.0321 e. The summed E-state index contributed by atoms with van der Waals surface area (Å²) in [5.41, 5.74) is 0.516. The van der Waals surface area contributed by atoms with E-state index in [9.17, 15) is 0 Å². The van der Waals surface area contributed by atoms with Crippen LogP contribution in [-0.2, 0) is 0 Å². The molecule has 1 unspecified atom stereocenters. The van der Waals surface area contributed by atoms with E-state index in [1.54, 1.807) is 0 Å². The Kier molecular flexibility index (Phi) is 3.13. The van der Waals surface area contributed by atoms with Gasteiger partial charge in [-0.2, -0.15) is 0 Å². The van der Waals surface area contributed by atoms with Gasteiger partial charge >= 0.3 is 0 Å². The molecule has 0 bridgehead atoms. The van der Waals surface area contributed by atoms with E-state index in [0.29, 0.717) is 5.54 Å². The third kappa shape index (κ3) is 1.82. The summed E-state index contributed by atoms with van der Waals surface area (Å²) in [6, 6.07) is 0.830. The standard InChI is InChI=1S/C12H24N2/c1-3-11(4-2)14-9-7-12(10-14)6-5-8-13-12/h11,13H,3-10H2,1-2H3. The summed E-state index contributed by atoms with van der Waals surface area (Å²) in [6.07, 6.45) is 6.79. The Balaban J connectivity index is 1.93. The summed E-state index contributed by atoms with van der Waals surface area (Å²) in [7, 11) is 0. The van der Waals surface area contributed by atoms with Crippen molar-refractivity contribution in [2.45, 2.75) is 57.5 Å². The Morgan fingerprint density at radius 2 is 2.07 bits per heavy atom. The fourth-order valence-electron chi connectivity index (χ4n) is 3.24. The van der Waals surface area contributed by atoms with Crippen molar-refractivity contribution in [2.75, 3.05) is 19.6 Å². The zero-order valence-corrected chi connectivity index (χ0v) is 9.68. The molecular weight excluding hydrogens is 172 g/mol. The van der Waals surface area contributed by atoms with Crippen LogP contribution in [0.5, 0.6) is 0 Å². The molecule has 2 heteroatoms. The molecule has 2 rings (SSSR count). The van der Waals surface area contributed by atoms with Gasteiger partial charge in [0.05, 0.1) is 0 Å². The SMILES string of the molecule is CCC(CC)N1CCC2(CCCN2)C1. The molecule has 0 radical (unpaired) electrons. The largest absolute Gasteiger partial charge is 0.310 e. The predicted octanol–water partition coefficient (Wildman–Crippen LogP) is 2.00. The summed E-state index contributed by atoms with van der Waals surface area (Å²) in [4.78, 5) is 2.71. The van der Waals surface area contributed by atoms with Crippen LogP contribution in [-0.4, -0.2) is 36.1 Å². The van der Waals surface area contributed by atoms with Gasteiger partial charge in [-0.25, -0.2) is 0 Å². The Morgan fingerprint density at radius 1 is 1.29 bits per heavy atom. The van der Waals surface area contributed by atoms with E-state index in [2.05, 4.69) is 24.1 Å². The Labute approximate surface area is 88.1 Å². The van der Waals surface area contributed by atoms with Gasteiger partial charge < -0.3 is 5.32 Å². The number of hydrogen-bond acceptors (Lipinski definition) is 2. The van der Waals surface area contributed by atoms with Crippen LogP contribution in [0.15, 0.2) is 0 Å². The van der Waals surface area contributed by atoms with Gasteiger partial charge in [-0.3, -0.25) is 4.90 Å². The second kappa shape index (κ2) is 4.19. The molecule has 1 spiro atoms. The van der Waals surface area contributed by atoms with E-state index in [0.717, 1.165) is 6.04 Å². The van der Waals surface area contributed by atoms with Crippen LogP contribution in [0, 0.1) is 0 Å². The topological polar surface area (TPSA) is 15.3 Å². The highest BCUT2D eigenvalue weighted by molar-refractivity contribution is 5.01. The van der Waals surface area contributed by atoms with Gasteiger partial charge in [0, 0.05) is 24.7 Å². The van der Waals surface area contributed by atoms with Crippen LogP contribution in [0.2, 0.25) is 0 Å². The molecule has 2 nitrogen and oxygen atoms in total. The van der Waals surface area contributed by atoms with Crippen molar-refractivity contribution in [1.82, 2.24) is 10.2 Å². The lowest BCUT2D eigenvalue weighted by molar-refractivity contribution is 0.211. The average molecular weight is 196 g/mol. The zero-order valence-electron chi connectivity index (χ0n) is 9.68. The van der Waals surface area contributed by atoms with E-state index in [4.69, 9.17) is 0 Å². The van der Waals surface area contributed by atoms with Gasteiger partial charge in [0.1, 0.15) is 0 Å². The highest BCUT2D eigenvalue weighted by Gasteiger charge is 2.41.